The molecular formula is C28H41FN2O. The summed E-state index contributed by atoms with van der Waals surface area (Å²) in [6.07, 6.45) is 16.4. The van der Waals surface area contributed by atoms with Crippen LogP contribution in [0, 0.1) is 17.7 Å². The maximum absolute atomic E-state index is 14.8. The third kappa shape index (κ3) is 7.86. The van der Waals surface area contributed by atoms with Crippen LogP contribution in [0.5, 0.6) is 5.88 Å². The predicted octanol–water partition coefficient (Wildman–Crippen LogP) is 8.17. The van der Waals surface area contributed by atoms with E-state index in [1.165, 1.54) is 57.8 Å². The molecule has 1 aliphatic carbocycles. The van der Waals surface area contributed by atoms with Crippen LogP contribution in [0.3, 0.4) is 0 Å². The Morgan fingerprint density at radius 3 is 2.22 bits per heavy atom. The van der Waals surface area contributed by atoms with E-state index in [1.54, 1.807) is 18.2 Å². The number of hydrogen-bond acceptors (Lipinski definition) is 3. The fourth-order valence-electron chi connectivity index (χ4n) is 4.85. The summed E-state index contributed by atoms with van der Waals surface area (Å²) in [5.74, 6) is 2.04. The third-order valence-electron chi connectivity index (χ3n) is 6.97. The molecular weight excluding hydrogens is 399 g/mol. The molecule has 3 rings (SSSR count). The van der Waals surface area contributed by atoms with Crippen LogP contribution in [0.25, 0.3) is 11.3 Å². The lowest BCUT2D eigenvalue weighted by Crippen LogP contribution is -2.15. The maximum atomic E-state index is 14.8. The highest BCUT2D eigenvalue weighted by atomic mass is 19.1. The van der Waals surface area contributed by atoms with E-state index >= 15 is 0 Å². The molecule has 1 heterocycles. The quantitative estimate of drug-likeness (QED) is 0.295. The standard InChI is InChI=1S/C28H41FN2O/c1-3-5-7-9-22-10-12-23(13-11-22)14-15-24-16-17-25(26(29)21-24)27-18-19-28(31-30-27)32-20-8-6-4-2/h16-19,21-23H,3-15,20H2,1-2H3. The van der Waals surface area contributed by atoms with E-state index in [0.717, 1.165) is 43.1 Å². The highest BCUT2D eigenvalue weighted by Gasteiger charge is 2.20. The van der Waals surface area contributed by atoms with Gasteiger partial charge in [0.1, 0.15) is 5.82 Å². The lowest BCUT2D eigenvalue weighted by molar-refractivity contribution is 0.249. The van der Waals surface area contributed by atoms with Crippen LogP contribution in [0.4, 0.5) is 4.39 Å². The Morgan fingerprint density at radius 1 is 0.844 bits per heavy atom. The highest BCUT2D eigenvalue weighted by Crippen LogP contribution is 2.34. The van der Waals surface area contributed by atoms with E-state index < -0.39 is 0 Å². The van der Waals surface area contributed by atoms with Crippen molar-refractivity contribution in [2.75, 3.05) is 6.61 Å². The number of ether oxygens (including phenoxy) is 1. The van der Waals surface area contributed by atoms with Crippen LogP contribution in [0.15, 0.2) is 30.3 Å². The number of hydrogen-bond donors (Lipinski definition) is 0. The van der Waals surface area contributed by atoms with Crippen LogP contribution in [-0.2, 0) is 6.42 Å². The molecule has 0 aliphatic heterocycles. The molecule has 1 aliphatic rings. The summed E-state index contributed by atoms with van der Waals surface area (Å²) < 4.78 is 20.4. The van der Waals surface area contributed by atoms with Crippen molar-refractivity contribution in [3.63, 3.8) is 0 Å². The number of unbranched alkanes of at least 4 members (excludes halogenated alkanes) is 4. The molecule has 1 fully saturated rings. The minimum atomic E-state index is -0.215. The molecule has 32 heavy (non-hydrogen) atoms. The Labute approximate surface area is 194 Å². The molecule has 3 nitrogen and oxygen atoms in total. The van der Waals surface area contributed by atoms with Gasteiger partial charge in [0.15, 0.2) is 0 Å². The van der Waals surface area contributed by atoms with Crippen LogP contribution in [0.1, 0.15) is 96.5 Å². The first kappa shape index (κ1) is 24.7. The van der Waals surface area contributed by atoms with E-state index in [1.807, 2.05) is 12.1 Å². The second-order valence-electron chi connectivity index (χ2n) is 9.55. The van der Waals surface area contributed by atoms with Gasteiger partial charge in [-0.25, -0.2) is 4.39 Å². The molecule has 1 aromatic carbocycles. The van der Waals surface area contributed by atoms with Crippen LogP contribution < -0.4 is 4.74 Å². The summed E-state index contributed by atoms with van der Waals surface area (Å²) in [4.78, 5) is 0. The van der Waals surface area contributed by atoms with Gasteiger partial charge in [-0.05, 0) is 54.9 Å². The molecule has 176 valence electrons. The van der Waals surface area contributed by atoms with Crippen molar-refractivity contribution in [3.8, 4) is 17.1 Å². The van der Waals surface area contributed by atoms with E-state index in [4.69, 9.17) is 4.74 Å². The Morgan fingerprint density at radius 2 is 1.56 bits per heavy atom. The van der Waals surface area contributed by atoms with E-state index in [2.05, 4.69) is 24.0 Å². The molecule has 0 radical (unpaired) electrons. The fourth-order valence-corrected chi connectivity index (χ4v) is 4.85. The lowest BCUT2D eigenvalue weighted by Gasteiger charge is -2.28. The second-order valence-corrected chi connectivity index (χ2v) is 9.55. The van der Waals surface area contributed by atoms with E-state index in [-0.39, 0.29) is 5.82 Å². The zero-order valence-electron chi connectivity index (χ0n) is 20.1. The lowest BCUT2D eigenvalue weighted by atomic mass is 9.78. The van der Waals surface area contributed by atoms with Gasteiger partial charge >= 0.3 is 0 Å². The summed E-state index contributed by atoms with van der Waals surface area (Å²) in [5, 5.41) is 8.28. The number of nitrogens with zero attached hydrogens (tertiary/aromatic N) is 2. The topological polar surface area (TPSA) is 35.0 Å². The van der Waals surface area contributed by atoms with Gasteiger partial charge < -0.3 is 4.74 Å². The Kier molecular flexibility index (Phi) is 10.4. The first-order chi connectivity index (χ1) is 15.7. The molecule has 0 saturated heterocycles. The summed E-state index contributed by atoms with van der Waals surface area (Å²) in [6, 6.07) is 9.15. The molecule has 0 atom stereocenters. The minimum absolute atomic E-state index is 0.215. The molecule has 4 heteroatoms. The molecule has 0 spiro atoms. The summed E-state index contributed by atoms with van der Waals surface area (Å²) in [6.45, 7) is 5.08. The second kappa shape index (κ2) is 13.5. The third-order valence-corrected chi connectivity index (χ3v) is 6.97. The van der Waals surface area contributed by atoms with Gasteiger partial charge in [-0.2, -0.15) is 0 Å². The average Bonchev–Trinajstić information content (AvgIpc) is 2.82. The van der Waals surface area contributed by atoms with Crippen molar-refractivity contribution in [1.29, 1.82) is 0 Å². The first-order valence-corrected chi connectivity index (χ1v) is 12.9. The van der Waals surface area contributed by atoms with Crippen molar-refractivity contribution in [2.45, 2.75) is 97.3 Å². The highest BCUT2D eigenvalue weighted by molar-refractivity contribution is 5.60. The molecule has 1 saturated carbocycles. The van der Waals surface area contributed by atoms with Crippen molar-refractivity contribution in [1.82, 2.24) is 10.2 Å². The monoisotopic (exact) mass is 440 g/mol. The van der Waals surface area contributed by atoms with Crippen molar-refractivity contribution >= 4 is 0 Å². The summed E-state index contributed by atoms with van der Waals surface area (Å²) in [7, 11) is 0. The molecule has 1 aromatic heterocycles. The van der Waals surface area contributed by atoms with Gasteiger partial charge in [0.2, 0.25) is 5.88 Å². The first-order valence-electron chi connectivity index (χ1n) is 12.9. The largest absolute Gasteiger partial charge is 0.477 e. The average molecular weight is 441 g/mol. The normalized spacial score (nSPS) is 18.6. The smallest absolute Gasteiger partial charge is 0.233 e. The molecule has 0 N–H and O–H groups in total. The van der Waals surface area contributed by atoms with Crippen molar-refractivity contribution in [2.24, 2.45) is 11.8 Å². The number of halogens is 1. The van der Waals surface area contributed by atoms with E-state index in [0.29, 0.717) is 23.7 Å². The minimum Gasteiger partial charge on any atom is -0.477 e. The molecule has 2 aromatic rings. The maximum Gasteiger partial charge on any atom is 0.233 e. The van der Waals surface area contributed by atoms with Crippen LogP contribution in [-0.4, -0.2) is 16.8 Å². The van der Waals surface area contributed by atoms with Gasteiger partial charge in [0, 0.05) is 11.6 Å². The Bertz CT molecular complexity index is 785. The van der Waals surface area contributed by atoms with Gasteiger partial charge in [0.25, 0.3) is 0 Å². The van der Waals surface area contributed by atoms with Gasteiger partial charge in [-0.1, -0.05) is 84.1 Å². The predicted molar refractivity (Wildman–Crippen MR) is 130 cm³/mol. The van der Waals surface area contributed by atoms with Gasteiger partial charge in [-0.15, -0.1) is 10.2 Å². The Hall–Kier alpha value is -1.97. The molecule has 0 unspecified atom stereocenters. The number of benzene rings is 1. The number of aryl methyl sites for hydroxylation is 1. The van der Waals surface area contributed by atoms with Gasteiger partial charge in [-0.3, -0.25) is 0 Å². The Balaban J connectivity index is 1.45. The summed E-state index contributed by atoms with van der Waals surface area (Å²) >= 11 is 0. The molecule has 0 bridgehead atoms. The van der Waals surface area contributed by atoms with Gasteiger partial charge in [0.05, 0.1) is 12.3 Å². The summed E-state index contributed by atoms with van der Waals surface area (Å²) in [5.41, 5.74) is 2.14. The van der Waals surface area contributed by atoms with E-state index in [9.17, 15) is 4.39 Å². The zero-order chi connectivity index (χ0) is 22.6. The zero-order valence-corrected chi connectivity index (χ0v) is 20.1. The van der Waals surface area contributed by atoms with Crippen LogP contribution >= 0.6 is 0 Å². The fraction of sp³-hybridized carbons (Fsp3) is 0.643. The molecule has 0 amide bonds. The SMILES string of the molecule is CCCCCOc1ccc(-c2ccc(CCC3CCC(CCCCC)CC3)cc2F)nn1. The number of aromatic nitrogens is 2. The van der Waals surface area contributed by atoms with Crippen molar-refractivity contribution < 1.29 is 9.13 Å². The number of rotatable bonds is 13. The van der Waals surface area contributed by atoms with Crippen molar-refractivity contribution in [3.05, 3.63) is 41.7 Å². The van der Waals surface area contributed by atoms with Crippen LogP contribution in [0.2, 0.25) is 0 Å².